The van der Waals surface area contributed by atoms with Crippen LogP contribution in [-0.2, 0) is 16.5 Å². The van der Waals surface area contributed by atoms with Gasteiger partial charge in [-0.2, -0.15) is 8.42 Å². The van der Waals surface area contributed by atoms with E-state index in [4.69, 9.17) is 4.55 Å². The Balaban J connectivity index is 3.28. The van der Waals surface area contributed by atoms with Crippen LogP contribution in [0, 0.1) is 0 Å². The Morgan fingerprint density at radius 3 is 2.54 bits per heavy atom. The van der Waals surface area contributed by atoms with E-state index in [-0.39, 0.29) is 4.90 Å². The normalized spacial score (nSPS) is 11.2. The minimum absolute atomic E-state index is 0.0464. The van der Waals surface area contributed by atoms with E-state index in [0.29, 0.717) is 12.0 Å². The molecule has 1 N–H and O–H groups in total. The van der Waals surface area contributed by atoms with E-state index in [0.717, 1.165) is 0 Å². The van der Waals surface area contributed by atoms with Crippen LogP contribution in [0.1, 0.15) is 5.56 Å². The molecule has 0 aliphatic heterocycles. The second kappa shape index (κ2) is 3.72. The average Bonchev–Trinajstić information content (AvgIpc) is 2.04. The van der Waals surface area contributed by atoms with Crippen LogP contribution < -0.4 is 0 Å². The molecule has 0 aliphatic rings. The summed E-state index contributed by atoms with van der Waals surface area (Å²) in [6, 6.07) is 6.29. The third kappa shape index (κ3) is 2.40. The summed E-state index contributed by atoms with van der Waals surface area (Å²) in [4.78, 5) is -0.0464. The first-order valence-corrected chi connectivity index (χ1v) is 5.16. The van der Waals surface area contributed by atoms with Crippen LogP contribution in [0.25, 0.3) is 0 Å². The van der Waals surface area contributed by atoms with Crippen molar-refractivity contribution < 1.29 is 13.0 Å². The van der Waals surface area contributed by atoms with E-state index in [1.807, 2.05) is 0 Å². The molecular weight excluding hydrogens is 188 g/mol. The highest BCUT2D eigenvalue weighted by Crippen LogP contribution is 2.15. The maximum atomic E-state index is 10.8. The third-order valence-corrected chi connectivity index (χ3v) is 2.57. The standard InChI is InChI=1S/C9H10O3S/c1-2-5-8-6-3-4-7-9(8)13(10,11)12/h2-4,6-7H,1,5H2,(H,10,11,12). The van der Waals surface area contributed by atoms with Crippen molar-refractivity contribution in [3.8, 4) is 0 Å². The Morgan fingerprint density at radius 2 is 2.00 bits per heavy atom. The monoisotopic (exact) mass is 198 g/mol. The van der Waals surface area contributed by atoms with E-state index >= 15 is 0 Å². The molecule has 1 aromatic rings. The number of benzene rings is 1. The average molecular weight is 198 g/mol. The van der Waals surface area contributed by atoms with Gasteiger partial charge < -0.3 is 0 Å². The van der Waals surface area contributed by atoms with Crippen molar-refractivity contribution in [1.29, 1.82) is 0 Å². The number of hydrogen-bond donors (Lipinski definition) is 1. The largest absolute Gasteiger partial charge is 0.294 e. The van der Waals surface area contributed by atoms with Gasteiger partial charge in [0.15, 0.2) is 0 Å². The second-order valence-electron chi connectivity index (χ2n) is 2.58. The minimum atomic E-state index is -4.10. The Hall–Kier alpha value is -1.13. The summed E-state index contributed by atoms with van der Waals surface area (Å²) in [5.74, 6) is 0. The van der Waals surface area contributed by atoms with Crippen molar-refractivity contribution in [1.82, 2.24) is 0 Å². The molecule has 0 atom stereocenters. The molecule has 0 saturated carbocycles. The van der Waals surface area contributed by atoms with Crippen molar-refractivity contribution in [2.45, 2.75) is 11.3 Å². The van der Waals surface area contributed by atoms with E-state index in [1.54, 1.807) is 24.3 Å². The molecule has 0 amide bonds. The molecule has 1 rings (SSSR count). The molecule has 1 aromatic carbocycles. The summed E-state index contributed by atoms with van der Waals surface area (Å²) in [7, 11) is -4.10. The summed E-state index contributed by atoms with van der Waals surface area (Å²) in [6.07, 6.45) is 2.01. The minimum Gasteiger partial charge on any atom is -0.282 e. The van der Waals surface area contributed by atoms with Gasteiger partial charge in [0.2, 0.25) is 0 Å². The van der Waals surface area contributed by atoms with Crippen LogP contribution in [0.3, 0.4) is 0 Å². The third-order valence-electron chi connectivity index (χ3n) is 1.61. The highest BCUT2D eigenvalue weighted by molar-refractivity contribution is 7.85. The van der Waals surface area contributed by atoms with Gasteiger partial charge in [0, 0.05) is 0 Å². The zero-order chi connectivity index (χ0) is 9.90. The van der Waals surface area contributed by atoms with Crippen molar-refractivity contribution >= 4 is 10.1 Å². The molecule has 70 valence electrons. The molecule has 0 unspecified atom stereocenters. The van der Waals surface area contributed by atoms with Gasteiger partial charge in [-0.1, -0.05) is 24.3 Å². The molecule has 0 saturated heterocycles. The number of rotatable bonds is 3. The molecule has 4 heteroatoms. The van der Waals surface area contributed by atoms with Crippen molar-refractivity contribution in [3.05, 3.63) is 42.5 Å². The fourth-order valence-corrected chi connectivity index (χ4v) is 1.81. The molecule has 0 aromatic heterocycles. The number of hydrogen-bond acceptors (Lipinski definition) is 2. The van der Waals surface area contributed by atoms with E-state index in [1.165, 1.54) is 6.07 Å². The predicted molar refractivity (Wildman–Crippen MR) is 50.2 cm³/mol. The van der Waals surface area contributed by atoms with Gasteiger partial charge >= 0.3 is 0 Å². The quantitative estimate of drug-likeness (QED) is 0.593. The summed E-state index contributed by atoms with van der Waals surface area (Å²) in [6.45, 7) is 3.50. The molecule has 0 fully saturated rings. The van der Waals surface area contributed by atoms with Crippen molar-refractivity contribution in [2.75, 3.05) is 0 Å². The molecular formula is C9H10O3S. The fraction of sp³-hybridized carbons (Fsp3) is 0.111. The van der Waals surface area contributed by atoms with Gasteiger partial charge in [-0.05, 0) is 18.1 Å². The highest BCUT2D eigenvalue weighted by atomic mass is 32.2. The Bertz CT molecular complexity index is 407. The summed E-state index contributed by atoms with van der Waals surface area (Å²) >= 11 is 0. The molecule has 0 heterocycles. The lowest BCUT2D eigenvalue weighted by atomic mass is 10.1. The smallest absolute Gasteiger partial charge is 0.282 e. The maximum Gasteiger partial charge on any atom is 0.294 e. The lowest BCUT2D eigenvalue weighted by molar-refractivity contribution is 0.482. The highest BCUT2D eigenvalue weighted by Gasteiger charge is 2.12. The number of allylic oxidation sites excluding steroid dienone is 1. The van der Waals surface area contributed by atoms with Gasteiger partial charge in [-0.15, -0.1) is 6.58 Å². The zero-order valence-electron chi connectivity index (χ0n) is 6.97. The maximum absolute atomic E-state index is 10.8. The summed E-state index contributed by atoms with van der Waals surface area (Å²) in [5, 5.41) is 0. The van der Waals surface area contributed by atoms with E-state index in [2.05, 4.69) is 6.58 Å². The second-order valence-corrected chi connectivity index (χ2v) is 3.97. The van der Waals surface area contributed by atoms with Crippen molar-refractivity contribution in [3.63, 3.8) is 0 Å². The van der Waals surface area contributed by atoms with Crippen LogP contribution in [0.5, 0.6) is 0 Å². The molecule has 3 nitrogen and oxygen atoms in total. The van der Waals surface area contributed by atoms with E-state index < -0.39 is 10.1 Å². The Morgan fingerprint density at radius 1 is 1.38 bits per heavy atom. The van der Waals surface area contributed by atoms with Gasteiger partial charge in [0.25, 0.3) is 10.1 Å². The van der Waals surface area contributed by atoms with Gasteiger partial charge in [-0.25, -0.2) is 0 Å². The van der Waals surface area contributed by atoms with Crippen LogP contribution in [0.15, 0.2) is 41.8 Å². The topological polar surface area (TPSA) is 54.4 Å². The zero-order valence-corrected chi connectivity index (χ0v) is 7.79. The van der Waals surface area contributed by atoms with Crippen LogP contribution in [0.4, 0.5) is 0 Å². The van der Waals surface area contributed by atoms with Crippen molar-refractivity contribution in [2.24, 2.45) is 0 Å². The molecule has 0 radical (unpaired) electrons. The summed E-state index contributed by atoms with van der Waals surface area (Å²) in [5.41, 5.74) is 0.556. The molecule has 0 bridgehead atoms. The molecule has 0 spiro atoms. The Kier molecular flexibility index (Phi) is 2.85. The van der Waals surface area contributed by atoms with Gasteiger partial charge in [0.1, 0.15) is 0 Å². The lowest BCUT2D eigenvalue weighted by Crippen LogP contribution is -2.02. The predicted octanol–water partition coefficient (Wildman–Crippen LogP) is 1.66. The fourth-order valence-electron chi connectivity index (χ4n) is 1.08. The van der Waals surface area contributed by atoms with Crippen LogP contribution in [-0.4, -0.2) is 13.0 Å². The SMILES string of the molecule is C=CCc1ccccc1S(=O)(=O)O. The molecule has 0 aliphatic carbocycles. The lowest BCUT2D eigenvalue weighted by Gasteiger charge is -2.02. The first-order chi connectivity index (χ1) is 6.05. The van der Waals surface area contributed by atoms with Gasteiger partial charge in [0.05, 0.1) is 4.90 Å². The van der Waals surface area contributed by atoms with Gasteiger partial charge in [-0.3, -0.25) is 4.55 Å². The molecule has 13 heavy (non-hydrogen) atoms. The first-order valence-electron chi connectivity index (χ1n) is 3.72. The van der Waals surface area contributed by atoms with E-state index in [9.17, 15) is 8.42 Å². The Labute approximate surface area is 77.5 Å². The summed E-state index contributed by atoms with van der Waals surface area (Å²) < 4.78 is 30.5. The van der Waals surface area contributed by atoms with Crippen LogP contribution in [0.2, 0.25) is 0 Å². The first kappa shape index (κ1) is 9.95. The van der Waals surface area contributed by atoms with Crippen LogP contribution >= 0.6 is 0 Å².